The maximum absolute atomic E-state index is 2.49. The van der Waals surface area contributed by atoms with E-state index in [4.69, 9.17) is 0 Å². The van der Waals surface area contributed by atoms with E-state index in [2.05, 4.69) is 44.2 Å². The van der Waals surface area contributed by atoms with Crippen LogP contribution in [0.1, 0.15) is 52.4 Å². The molecule has 2 aliphatic rings. The van der Waals surface area contributed by atoms with Crippen LogP contribution in [0.3, 0.4) is 0 Å². The Morgan fingerprint density at radius 1 is 1.31 bits per heavy atom. The van der Waals surface area contributed by atoms with Crippen LogP contribution in [0.5, 0.6) is 0 Å². The Hall–Kier alpha value is -0.780. The molecule has 0 aromatic rings. The van der Waals surface area contributed by atoms with Gasteiger partial charge in [-0.15, -0.1) is 0 Å². The van der Waals surface area contributed by atoms with Crippen molar-refractivity contribution in [2.75, 3.05) is 0 Å². The standard InChI is InChI=1S/C16H24/c1-3-15(14-10-6-4-7-11-14)16(2)12-8-5-9-13-16/h4,6,8,10,12,15H,3,5,7,9,11,13H2,1-2H3. The molecule has 2 unspecified atom stereocenters. The van der Waals surface area contributed by atoms with Crippen molar-refractivity contribution in [2.24, 2.45) is 11.3 Å². The molecular formula is C16H24. The van der Waals surface area contributed by atoms with E-state index in [9.17, 15) is 0 Å². The van der Waals surface area contributed by atoms with E-state index in [0.717, 1.165) is 5.92 Å². The minimum Gasteiger partial charge on any atom is -0.0880 e. The quantitative estimate of drug-likeness (QED) is 0.580. The third-order valence-electron chi connectivity index (χ3n) is 4.28. The van der Waals surface area contributed by atoms with Gasteiger partial charge in [0.15, 0.2) is 0 Å². The smallest absolute Gasteiger partial charge is 0.00810 e. The minimum atomic E-state index is 0.421. The molecule has 0 bridgehead atoms. The summed E-state index contributed by atoms with van der Waals surface area (Å²) in [5, 5.41) is 0. The third kappa shape index (κ3) is 2.31. The van der Waals surface area contributed by atoms with Crippen LogP contribution >= 0.6 is 0 Å². The van der Waals surface area contributed by atoms with Gasteiger partial charge in [0.1, 0.15) is 0 Å². The zero-order valence-electron chi connectivity index (χ0n) is 10.7. The molecule has 0 saturated carbocycles. The van der Waals surface area contributed by atoms with Crippen LogP contribution in [-0.4, -0.2) is 0 Å². The first-order valence-electron chi connectivity index (χ1n) is 6.79. The van der Waals surface area contributed by atoms with Crippen LogP contribution in [0.15, 0.2) is 36.0 Å². The van der Waals surface area contributed by atoms with Gasteiger partial charge in [-0.1, -0.05) is 49.8 Å². The first-order valence-corrected chi connectivity index (χ1v) is 6.79. The van der Waals surface area contributed by atoms with Crippen molar-refractivity contribution < 1.29 is 0 Å². The summed E-state index contributed by atoms with van der Waals surface area (Å²) in [7, 11) is 0. The zero-order valence-corrected chi connectivity index (χ0v) is 10.7. The van der Waals surface area contributed by atoms with Gasteiger partial charge >= 0.3 is 0 Å². The normalized spacial score (nSPS) is 31.2. The molecule has 0 aromatic carbocycles. The van der Waals surface area contributed by atoms with Crippen LogP contribution in [0.2, 0.25) is 0 Å². The number of allylic oxidation sites excluding steroid dienone is 6. The van der Waals surface area contributed by atoms with Crippen molar-refractivity contribution in [3.8, 4) is 0 Å². The summed E-state index contributed by atoms with van der Waals surface area (Å²) in [5.41, 5.74) is 2.10. The van der Waals surface area contributed by atoms with Gasteiger partial charge in [0, 0.05) is 0 Å². The Kier molecular flexibility index (Phi) is 3.68. The average molecular weight is 216 g/mol. The van der Waals surface area contributed by atoms with Gasteiger partial charge < -0.3 is 0 Å². The average Bonchev–Trinajstić information content (AvgIpc) is 2.32. The molecule has 0 fully saturated rings. The van der Waals surface area contributed by atoms with Gasteiger partial charge in [-0.25, -0.2) is 0 Å². The van der Waals surface area contributed by atoms with Gasteiger partial charge in [-0.2, -0.15) is 0 Å². The molecule has 0 N–H and O–H groups in total. The molecule has 0 heterocycles. The largest absolute Gasteiger partial charge is 0.0880 e. The summed E-state index contributed by atoms with van der Waals surface area (Å²) in [5.74, 6) is 0.758. The van der Waals surface area contributed by atoms with E-state index >= 15 is 0 Å². The molecule has 0 spiro atoms. The Bertz CT molecular complexity index is 319. The van der Waals surface area contributed by atoms with E-state index in [-0.39, 0.29) is 0 Å². The van der Waals surface area contributed by atoms with Crippen molar-refractivity contribution >= 4 is 0 Å². The fraction of sp³-hybridized carbons (Fsp3) is 0.625. The summed E-state index contributed by atoms with van der Waals surface area (Å²) in [6.45, 7) is 4.80. The van der Waals surface area contributed by atoms with E-state index in [1.54, 1.807) is 5.57 Å². The molecule has 0 radical (unpaired) electrons. The van der Waals surface area contributed by atoms with Crippen molar-refractivity contribution in [1.82, 2.24) is 0 Å². The molecule has 2 rings (SSSR count). The fourth-order valence-electron chi connectivity index (χ4n) is 3.39. The van der Waals surface area contributed by atoms with Crippen LogP contribution in [0.25, 0.3) is 0 Å². The number of hydrogen-bond acceptors (Lipinski definition) is 0. The van der Waals surface area contributed by atoms with Gasteiger partial charge in [0.2, 0.25) is 0 Å². The van der Waals surface area contributed by atoms with Crippen LogP contribution < -0.4 is 0 Å². The van der Waals surface area contributed by atoms with Gasteiger partial charge in [0.05, 0.1) is 0 Å². The molecular weight excluding hydrogens is 192 g/mol. The molecule has 16 heavy (non-hydrogen) atoms. The Morgan fingerprint density at radius 2 is 2.19 bits per heavy atom. The van der Waals surface area contributed by atoms with Gasteiger partial charge in [-0.05, 0) is 49.9 Å². The molecule has 2 atom stereocenters. The maximum atomic E-state index is 2.49. The zero-order chi connectivity index (χ0) is 11.4. The van der Waals surface area contributed by atoms with Gasteiger partial charge in [0.25, 0.3) is 0 Å². The summed E-state index contributed by atoms with van der Waals surface area (Å²) in [6.07, 6.45) is 19.6. The lowest BCUT2D eigenvalue weighted by molar-refractivity contribution is 0.245. The summed E-state index contributed by atoms with van der Waals surface area (Å²) in [4.78, 5) is 0. The minimum absolute atomic E-state index is 0.421. The summed E-state index contributed by atoms with van der Waals surface area (Å²) in [6, 6.07) is 0. The van der Waals surface area contributed by atoms with Gasteiger partial charge in [-0.3, -0.25) is 0 Å². The van der Waals surface area contributed by atoms with E-state index in [0.29, 0.717) is 5.41 Å². The van der Waals surface area contributed by atoms with E-state index < -0.39 is 0 Å². The first-order chi connectivity index (χ1) is 7.76. The number of rotatable bonds is 3. The lowest BCUT2D eigenvalue weighted by Gasteiger charge is -2.39. The van der Waals surface area contributed by atoms with Crippen LogP contribution in [-0.2, 0) is 0 Å². The molecule has 0 amide bonds. The SMILES string of the molecule is CCC(C1=CC=CCC1)C1(C)C=CCCC1. The topological polar surface area (TPSA) is 0 Å². The lowest BCUT2D eigenvalue weighted by Crippen LogP contribution is -2.28. The fourth-order valence-corrected chi connectivity index (χ4v) is 3.39. The molecule has 0 heteroatoms. The number of hydrogen-bond donors (Lipinski definition) is 0. The second-order valence-electron chi connectivity index (χ2n) is 5.47. The van der Waals surface area contributed by atoms with Crippen LogP contribution in [0, 0.1) is 11.3 Å². The molecule has 2 aliphatic carbocycles. The Labute approximate surface area is 100 Å². The van der Waals surface area contributed by atoms with Crippen molar-refractivity contribution in [3.05, 3.63) is 36.0 Å². The Morgan fingerprint density at radius 3 is 2.75 bits per heavy atom. The van der Waals surface area contributed by atoms with E-state index in [1.807, 2.05) is 0 Å². The Balaban J connectivity index is 2.20. The summed E-state index contributed by atoms with van der Waals surface area (Å²) < 4.78 is 0. The lowest BCUT2D eigenvalue weighted by atomic mass is 9.66. The molecule has 0 aliphatic heterocycles. The molecule has 88 valence electrons. The van der Waals surface area contributed by atoms with E-state index in [1.165, 1.54) is 38.5 Å². The molecule has 0 aromatic heterocycles. The predicted octanol–water partition coefficient (Wildman–Crippen LogP) is 5.04. The second kappa shape index (κ2) is 5.03. The van der Waals surface area contributed by atoms with Crippen molar-refractivity contribution in [1.29, 1.82) is 0 Å². The highest BCUT2D eigenvalue weighted by atomic mass is 14.4. The molecule has 0 nitrogen and oxygen atoms in total. The highest BCUT2D eigenvalue weighted by Gasteiger charge is 2.33. The maximum Gasteiger partial charge on any atom is -0.00810 e. The monoisotopic (exact) mass is 216 g/mol. The molecule has 0 saturated heterocycles. The van der Waals surface area contributed by atoms with Crippen molar-refractivity contribution in [2.45, 2.75) is 52.4 Å². The highest BCUT2D eigenvalue weighted by molar-refractivity contribution is 5.24. The summed E-state index contributed by atoms with van der Waals surface area (Å²) >= 11 is 0. The highest BCUT2D eigenvalue weighted by Crippen LogP contribution is 2.44. The van der Waals surface area contributed by atoms with Crippen LogP contribution in [0.4, 0.5) is 0 Å². The predicted molar refractivity (Wildman–Crippen MR) is 71.3 cm³/mol. The first kappa shape index (κ1) is 11.7. The third-order valence-corrected chi connectivity index (χ3v) is 4.28. The van der Waals surface area contributed by atoms with Crippen molar-refractivity contribution in [3.63, 3.8) is 0 Å². The second-order valence-corrected chi connectivity index (χ2v) is 5.47.